The van der Waals surface area contributed by atoms with E-state index in [1.54, 1.807) is 11.2 Å². The Labute approximate surface area is 130 Å². The fourth-order valence-corrected chi connectivity index (χ4v) is 3.95. The number of H-pyrrole nitrogens is 1. The number of rotatable bonds is 4. The van der Waals surface area contributed by atoms with E-state index in [0.717, 1.165) is 24.2 Å². The van der Waals surface area contributed by atoms with Crippen LogP contribution in [0.3, 0.4) is 0 Å². The summed E-state index contributed by atoms with van der Waals surface area (Å²) >= 11 is 0. The molecule has 1 fully saturated rings. The molecule has 1 saturated heterocycles. The molecule has 1 aliphatic heterocycles. The van der Waals surface area contributed by atoms with E-state index < -0.39 is 10.0 Å². The molecule has 1 atom stereocenters. The van der Waals surface area contributed by atoms with Gasteiger partial charge < -0.3 is 0 Å². The van der Waals surface area contributed by atoms with Crippen LogP contribution in [0, 0.1) is 0 Å². The summed E-state index contributed by atoms with van der Waals surface area (Å²) in [4.78, 5) is 4.56. The topological polar surface area (TPSA) is 79.0 Å². The van der Waals surface area contributed by atoms with Gasteiger partial charge in [-0.2, -0.15) is 5.10 Å². The zero-order valence-electron chi connectivity index (χ0n) is 12.6. The first-order valence-corrected chi connectivity index (χ1v) is 9.16. The van der Waals surface area contributed by atoms with Crippen molar-refractivity contribution >= 4 is 10.0 Å². The molecule has 1 aliphatic rings. The second-order valence-corrected chi connectivity index (χ2v) is 7.77. The van der Waals surface area contributed by atoms with Gasteiger partial charge in [-0.25, -0.2) is 17.7 Å². The number of sulfonamides is 1. The zero-order valence-corrected chi connectivity index (χ0v) is 13.4. The maximum absolute atomic E-state index is 12.0. The van der Waals surface area contributed by atoms with Gasteiger partial charge in [0.2, 0.25) is 10.0 Å². The predicted octanol–water partition coefficient (Wildman–Crippen LogP) is 2.00. The van der Waals surface area contributed by atoms with Crippen LogP contribution in [0.5, 0.6) is 0 Å². The van der Waals surface area contributed by atoms with Crippen molar-refractivity contribution in [3.8, 4) is 11.4 Å². The Morgan fingerprint density at radius 2 is 2.09 bits per heavy atom. The summed E-state index contributed by atoms with van der Waals surface area (Å²) in [5.74, 6) is 1.66. The quantitative estimate of drug-likeness (QED) is 0.934. The van der Waals surface area contributed by atoms with Crippen LogP contribution in [-0.2, 0) is 10.0 Å². The lowest BCUT2D eigenvalue weighted by atomic mass is 9.99. The molecule has 0 amide bonds. The normalized spacial score (nSPS) is 20.1. The summed E-state index contributed by atoms with van der Waals surface area (Å²) in [5.41, 5.74) is 0.957. The summed E-state index contributed by atoms with van der Waals surface area (Å²) in [6, 6.07) is 9.76. The van der Waals surface area contributed by atoms with Gasteiger partial charge in [0.1, 0.15) is 5.82 Å². The van der Waals surface area contributed by atoms with Gasteiger partial charge in [0, 0.05) is 24.6 Å². The molecule has 2 aromatic rings. The summed E-state index contributed by atoms with van der Waals surface area (Å²) in [6.45, 7) is 2.77. The van der Waals surface area contributed by atoms with Crippen LogP contribution in [0.2, 0.25) is 0 Å². The lowest BCUT2D eigenvalue weighted by Gasteiger charge is -2.30. The minimum Gasteiger partial charge on any atom is -0.262 e. The molecule has 1 aromatic carbocycles. The average Bonchev–Trinajstić information content (AvgIpc) is 3.06. The highest BCUT2D eigenvalue weighted by molar-refractivity contribution is 7.89. The van der Waals surface area contributed by atoms with Gasteiger partial charge >= 0.3 is 0 Å². The van der Waals surface area contributed by atoms with E-state index in [2.05, 4.69) is 15.2 Å². The minimum atomic E-state index is -3.14. The molecule has 118 valence electrons. The van der Waals surface area contributed by atoms with Gasteiger partial charge in [0.05, 0.1) is 5.75 Å². The maximum atomic E-state index is 12.0. The Balaban J connectivity index is 1.79. The zero-order chi connectivity index (χ0) is 15.6. The summed E-state index contributed by atoms with van der Waals surface area (Å²) in [7, 11) is -3.14. The molecule has 0 bridgehead atoms. The molecular formula is C15H20N4O2S. The number of aromatic nitrogens is 3. The Hall–Kier alpha value is -1.73. The molecule has 0 unspecified atom stereocenters. The highest BCUT2D eigenvalue weighted by atomic mass is 32.2. The average molecular weight is 320 g/mol. The van der Waals surface area contributed by atoms with E-state index in [4.69, 9.17) is 0 Å². The highest BCUT2D eigenvalue weighted by Crippen LogP contribution is 2.27. The van der Waals surface area contributed by atoms with Crippen LogP contribution in [0.15, 0.2) is 30.3 Å². The van der Waals surface area contributed by atoms with Crippen LogP contribution in [0.4, 0.5) is 0 Å². The van der Waals surface area contributed by atoms with Crippen LogP contribution in [0.25, 0.3) is 11.4 Å². The number of aromatic amines is 1. The van der Waals surface area contributed by atoms with E-state index in [-0.39, 0.29) is 11.7 Å². The van der Waals surface area contributed by atoms with E-state index in [9.17, 15) is 8.42 Å². The van der Waals surface area contributed by atoms with Gasteiger partial charge in [0.15, 0.2) is 5.82 Å². The molecular weight excluding hydrogens is 300 g/mol. The van der Waals surface area contributed by atoms with Crippen molar-refractivity contribution in [2.45, 2.75) is 25.7 Å². The van der Waals surface area contributed by atoms with Gasteiger partial charge in [-0.1, -0.05) is 30.3 Å². The van der Waals surface area contributed by atoms with Crippen molar-refractivity contribution in [2.24, 2.45) is 0 Å². The number of nitrogens with one attached hydrogen (secondary N) is 1. The monoisotopic (exact) mass is 320 g/mol. The van der Waals surface area contributed by atoms with Crippen molar-refractivity contribution < 1.29 is 8.42 Å². The van der Waals surface area contributed by atoms with Crippen LogP contribution in [-0.4, -0.2) is 46.7 Å². The predicted molar refractivity (Wildman–Crippen MR) is 84.8 cm³/mol. The molecule has 0 aliphatic carbocycles. The van der Waals surface area contributed by atoms with Crippen molar-refractivity contribution in [3.63, 3.8) is 0 Å². The van der Waals surface area contributed by atoms with Gasteiger partial charge in [-0.05, 0) is 19.8 Å². The second kappa shape index (κ2) is 6.18. The SMILES string of the molecule is CCS(=O)(=O)N1CCC[C@@H](c2nc(-c3ccccc3)n[nH]2)C1. The Kier molecular flexibility index (Phi) is 4.26. The molecule has 0 spiro atoms. The second-order valence-electron chi connectivity index (χ2n) is 5.51. The van der Waals surface area contributed by atoms with Crippen LogP contribution in [0.1, 0.15) is 31.5 Å². The molecule has 1 aromatic heterocycles. The molecule has 22 heavy (non-hydrogen) atoms. The third-order valence-corrected chi connectivity index (χ3v) is 5.91. The summed E-state index contributed by atoms with van der Waals surface area (Å²) < 4.78 is 25.7. The van der Waals surface area contributed by atoms with Crippen molar-refractivity contribution in [1.82, 2.24) is 19.5 Å². The summed E-state index contributed by atoms with van der Waals surface area (Å²) in [6.07, 6.45) is 1.78. The van der Waals surface area contributed by atoms with Crippen molar-refractivity contribution in [1.29, 1.82) is 0 Å². The lowest BCUT2D eigenvalue weighted by molar-refractivity contribution is 0.310. The smallest absolute Gasteiger partial charge is 0.213 e. The Bertz CT molecular complexity index is 727. The molecule has 0 saturated carbocycles. The van der Waals surface area contributed by atoms with Gasteiger partial charge in [-0.3, -0.25) is 5.10 Å². The van der Waals surface area contributed by atoms with E-state index in [1.165, 1.54) is 0 Å². The first kappa shape index (κ1) is 15.2. The molecule has 0 radical (unpaired) electrons. The lowest BCUT2D eigenvalue weighted by Crippen LogP contribution is -2.40. The Morgan fingerprint density at radius 3 is 2.82 bits per heavy atom. The fourth-order valence-electron chi connectivity index (χ4n) is 2.77. The third kappa shape index (κ3) is 3.05. The van der Waals surface area contributed by atoms with E-state index in [1.807, 2.05) is 30.3 Å². The fraction of sp³-hybridized carbons (Fsp3) is 0.467. The largest absolute Gasteiger partial charge is 0.262 e. The standard InChI is InChI=1S/C15H20N4O2S/c1-2-22(20,21)19-10-6-9-13(11-19)15-16-14(17-18-15)12-7-4-3-5-8-12/h3-5,7-8,13H,2,6,9-11H2,1H3,(H,16,17,18)/t13-/m1/s1. The molecule has 7 heteroatoms. The van der Waals surface area contributed by atoms with Gasteiger partial charge in [0.25, 0.3) is 0 Å². The highest BCUT2D eigenvalue weighted by Gasteiger charge is 2.30. The molecule has 2 heterocycles. The van der Waals surface area contributed by atoms with Crippen LogP contribution >= 0.6 is 0 Å². The van der Waals surface area contributed by atoms with E-state index >= 15 is 0 Å². The van der Waals surface area contributed by atoms with E-state index in [0.29, 0.717) is 18.9 Å². The molecule has 1 N–H and O–H groups in total. The maximum Gasteiger partial charge on any atom is 0.213 e. The number of nitrogens with zero attached hydrogens (tertiary/aromatic N) is 3. The first-order chi connectivity index (χ1) is 10.6. The van der Waals surface area contributed by atoms with Crippen molar-refractivity contribution in [3.05, 3.63) is 36.2 Å². The number of piperidine rings is 1. The molecule has 3 rings (SSSR count). The minimum absolute atomic E-state index is 0.0834. The third-order valence-electron chi connectivity index (χ3n) is 4.06. The van der Waals surface area contributed by atoms with Crippen LogP contribution < -0.4 is 0 Å². The summed E-state index contributed by atoms with van der Waals surface area (Å²) in [5, 5.41) is 7.25. The number of hydrogen-bond donors (Lipinski definition) is 1. The molecule has 6 nitrogen and oxygen atoms in total. The Morgan fingerprint density at radius 1 is 1.32 bits per heavy atom. The number of benzene rings is 1. The van der Waals surface area contributed by atoms with Crippen molar-refractivity contribution in [2.75, 3.05) is 18.8 Å². The first-order valence-electron chi connectivity index (χ1n) is 7.55. The number of hydrogen-bond acceptors (Lipinski definition) is 4. The van der Waals surface area contributed by atoms with Gasteiger partial charge in [-0.15, -0.1) is 0 Å².